The number of ether oxygens (including phenoxy) is 1. The minimum atomic E-state index is -1.12. The van der Waals surface area contributed by atoms with Crippen molar-refractivity contribution >= 4 is 0 Å². The maximum Gasteiger partial charge on any atom is 0.190 e. The van der Waals surface area contributed by atoms with Crippen molar-refractivity contribution in [2.45, 2.75) is 0 Å². The first-order chi connectivity index (χ1) is 6.15. The van der Waals surface area contributed by atoms with Gasteiger partial charge in [-0.1, -0.05) is 0 Å². The summed E-state index contributed by atoms with van der Waals surface area (Å²) < 4.78 is 42.3. The van der Waals surface area contributed by atoms with E-state index in [1.165, 1.54) is 0 Å². The highest BCUT2D eigenvalue weighted by molar-refractivity contribution is 5.26. The standard InChI is InChI=1S/C8H7F3O2/c9-5-3-6(10)8(7(11)4-5)13-2-1-12/h3-4,12H,1-2H2. The monoisotopic (exact) mass is 192 g/mol. The first-order valence-corrected chi connectivity index (χ1v) is 3.53. The maximum absolute atomic E-state index is 12.7. The Morgan fingerprint density at radius 3 is 2.15 bits per heavy atom. The SMILES string of the molecule is OCCOc1c(F)cc(F)cc1F. The van der Waals surface area contributed by atoms with Gasteiger partial charge in [-0.15, -0.1) is 0 Å². The van der Waals surface area contributed by atoms with Gasteiger partial charge in [0.25, 0.3) is 0 Å². The predicted molar refractivity (Wildman–Crippen MR) is 38.9 cm³/mol. The van der Waals surface area contributed by atoms with E-state index in [9.17, 15) is 13.2 Å². The average Bonchev–Trinajstić information content (AvgIpc) is 2.02. The number of aliphatic hydroxyl groups is 1. The van der Waals surface area contributed by atoms with Gasteiger partial charge in [0.05, 0.1) is 6.61 Å². The largest absolute Gasteiger partial charge is 0.485 e. The number of aliphatic hydroxyl groups excluding tert-OH is 1. The molecule has 1 aromatic rings. The van der Waals surface area contributed by atoms with E-state index < -0.39 is 23.2 Å². The highest BCUT2D eigenvalue weighted by Crippen LogP contribution is 2.22. The molecule has 0 heterocycles. The molecule has 1 N–H and O–H groups in total. The molecule has 0 aliphatic rings. The quantitative estimate of drug-likeness (QED) is 0.785. The van der Waals surface area contributed by atoms with Crippen molar-refractivity contribution in [1.29, 1.82) is 0 Å². The topological polar surface area (TPSA) is 29.5 Å². The normalized spacial score (nSPS) is 10.2. The average molecular weight is 192 g/mol. The van der Waals surface area contributed by atoms with Gasteiger partial charge < -0.3 is 9.84 Å². The molecular formula is C8H7F3O2. The van der Waals surface area contributed by atoms with Crippen LogP contribution in [0.25, 0.3) is 0 Å². The Morgan fingerprint density at radius 2 is 1.69 bits per heavy atom. The molecule has 0 spiro atoms. The summed E-state index contributed by atoms with van der Waals surface area (Å²) in [5.41, 5.74) is 0. The van der Waals surface area contributed by atoms with Crippen molar-refractivity contribution in [3.63, 3.8) is 0 Å². The van der Waals surface area contributed by atoms with Gasteiger partial charge in [-0.2, -0.15) is 0 Å². The summed E-state index contributed by atoms with van der Waals surface area (Å²) in [6.07, 6.45) is 0. The van der Waals surface area contributed by atoms with Crippen LogP contribution in [0.5, 0.6) is 5.75 Å². The van der Waals surface area contributed by atoms with Gasteiger partial charge in [0.15, 0.2) is 17.4 Å². The Morgan fingerprint density at radius 1 is 1.15 bits per heavy atom. The first kappa shape index (κ1) is 9.85. The smallest absolute Gasteiger partial charge is 0.190 e. The van der Waals surface area contributed by atoms with E-state index in [1.807, 2.05) is 0 Å². The van der Waals surface area contributed by atoms with Crippen LogP contribution in [0.3, 0.4) is 0 Å². The Balaban J connectivity index is 2.92. The zero-order valence-corrected chi connectivity index (χ0v) is 6.56. The lowest BCUT2D eigenvalue weighted by Gasteiger charge is -2.06. The van der Waals surface area contributed by atoms with E-state index in [1.54, 1.807) is 0 Å². The molecule has 72 valence electrons. The molecule has 0 fully saturated rings. The lowest BCUT2D eigenvalue weighted by Crippen LogP contribution is -2.05. The molecule has 0 amide bonds. The van der Waals surface area contributed by atoms with Crippen LogP contribution in [-0.2, 0) is 0 Å². The Hall–Kier alpha value is -1.23. The van der Waals surface area contributed by atoms with Crippen molar-refractivity contribution in [3.8, 4) is 5.75 Å². The molecular weight excluding hydrogens is 185 g/mol. The zero-order valence-electron chi connectivity index (χ0n) is 6.56. The fourth-order valence-electron chi connectivity index (χ4n) is 0.815. The van der Waals surface area contributed by atoms with Crippen LogP contribution in [0.15, 0.2) is 12.1 Å². The zero-order chi connectivity index (χ0) is 9.84. The summed E-state index contributed by atoms with van der Waals surface area (Å²) in [6, 6.07) is 1.02. The van der Waals surface area contributed by atoms with Crippen LogP contribution in [0, 0.1) is 17.5 Å². The molecule has 0 aliphatic heterocycles. The van der Waals surface area contributed by atoms with Crippen LogP contribution >= 0.6 is 0 Å². The van der Waals surface area contributed by atoms with Gasteiger partial charge in [0.2, 0.25) is 0 Å². The highest BCUT2D eigenvalue weighted by atomic mass is 19.1. The van der Waals surface area contributed by atoms with Crippen LogP contribution in [0.2, 0.25) is 0 Å². The molecule has 0 saturated heterocycles. The minimum absolute atomic E-state index is 0.237. The predicted octanol–water partition coefficient (Wildman–Crippen LogP) is 1.47. The van der Waals surface area contributed by atoms with Crippen molar-refractivity contribution < 1.29 is 23.0 Å². The molecule has 0 unspecified atom stereocenters. The number of benzene rings is 1. The van der Waals surface area contributed by atoms with Crippen molar-refractivity contribution in [2.24, 2.45) is 0 Å². The van der Waals surface area contributed by atoms with Gasteiger partial charge in [-0.3, -0.25) is 0 Å². The van der Waals surface area contributed by atoms with Crippen molar-refractivity contribution in [3.05, 3.63) is 29.6 Å². The van der Waals surface area contributed by atoms with Gasteiger partial charge in [0, 0.05) is 12.1 Å². The van der Waals surface area contributed by atoms with E-state index in [4.69, 9.17) is 5.11 Å². The van der Waals surface area contributed by atoms with E-state index >= 15 is 0 Å². The summed E-state index contributed by atoms with van der Waals surface area (Å²) in [7, 11) is 0. The molecule has 0 aromatic heterocycles. The third-order valence-electron chi connectivity index (χ3n) is 1.30. The van der Waals surface area contributed by atoms with Crippen molar-refractivity contribution in [1.82, 2.24) is 0 Å². The Kier molecular flexibility index (Phi) is 3.13. The molecule has 2 nitrogen and oxygen atoms in total. The van der Waals surface area contributed by atoms with Crippen LogP contribution in [0.4, 0.5) is 13.2 Å². The Bertz CT molecular complexity index is 278. The van der Waals surface area contributed by atoms with Crippen LogP contribution in [-0.4, -0.2) is 18.3 Å². The van der Waals surface area contributed by atoms with E-state index in [0.717, 1.165) is 0 Å². The molecule has 0 bridgehead atoms. The van der Waals surface area contributed by atoms with Crippen LogP contribution < -0.4 is 4.74 Å². The van der Waals surface area contributed by atoms with E-state index in [-0.39, 0.29) is 13.2 Å². The van der Waals surface area contributed by atoms with Gasteiger partial charge in [-0.25, -0.2) is 13.2 Å². The molecule has 0 atom stereocenters. The summed E-state index contributed by atoms with van der Waals surface area (Å²) in [5.74, 6) is -3.92. The minimum Gasteiger partial charge on any atom is -0.485 e. The molecule has 0 aliphatic carbocycles. The highest BCUT2D eigenvalue weighted by Gasteiger charge is 2.12. The van der Waals surface area contributed by atoms with Gasteiger partial charge in [0.1, 0.15) is 12.4 Å². The summed E-state index contributed by atoms with van der Waals surface area (Å²) in [6.45, 7) is -0.601. The first-order valence-electron chi connectivity index (χ1n) is 3.53. The third kappa shape index (κ3) is 2.35. The second kappa shape index (κ2) is 4.13. The number of rotatable bonds is 3. The second-order valence-corrected chi connectivity index (χ2v) is 2.27. The second-order valence-electron chi connectivity index (χ2n) is 2.27. The number of hydrogen-bond donors (Lipinski definition) is 1. The lowest BCUT2D eigenvalue weighted by atomic mass is 10.3. The molecule has 5 heteroatoms. The lowest BCUT2D eigenvalue weighted by molar-refractivity contribution is 0.190. The van der Waals surface area contributed by atoms with Gasteiger partial charge >= 0.3 is 0 Å². The fraction of sp³-hybridized carbons (Fsp3) is 0.250. The molecule has 0 saturated carbocycles. The number of hydrogen-bond acceptors (Lipinski definition) is 2. The fourth-order valence-corrected chi connectivity index (χ4v) is 0.815. The molecule has 1 aromatic carbocycles. The van der Waals surface area contributed by atoms with Crippen molar-refractivity contribution in [2.75, 3.05) is 13.2 Å². The number of halogens is 3. The van der Waals surface area contributed by atoms with Gasteiger partial charge in [-0.05, 0) is 0 Å². The summed E-state index contributed by atoms with van der Waals surface area (Å²) in [5, 5.41) is 8.32. The molecule has 0 radical (unpaired) electrons. The summed E-state index contributed by atoms with van der Waals surface area (Å²) >= 11 is 0. The van der Waals surface area contributed by atoms with E-state index in [0.29, 0.717) is 12.1 Å². The third-order valence-corrected chi connectivity index (χ3v) is 1.30. The molecule has 13 heavy (non-hydrogen) atoms. The van der Waals surface area contributed by atoms with Crippen LogP contribution in [0.1, 0.15) is 0 Å². The summed E-state index contributed by atoms with van der Waals surface area (Å²) in [4.78, 5) is 0. The maximum atomic E-state index is 12.7. The van der Waals surface area contributed by atoms with E-state index in [2.05, 4.69) is 4.74 Å². The Labute approximate surface area is 72.6 Å². The molecule has 1 rings (SSSR count).